The van der Waals surface area contributed by atoms with Crippen LogP contribution in [0.4, 0.5) is 15.5 Å². The first-order valence-electron chi connectivity index (χ1n) is 8.95. The number of nitrogens with one attached hydrogen (secondary N) is 2. The van der Waals surface area contributed by atoms with E-state index in [4.69, 9.17) is 15.2 Å². The van der Waals surface area contributed by atoms with Gasteiger partial charge in [-0.2, -0.15) is 0 Å². The Balaban J connectivity index is 1.93. The Morgan fingerprint density at radius 3 is 2.23 bits per heavy atom. The van der Waals surface area contributed by atoms with Crippen molar-refractivity contribution in [1.29, 1.82) is 0 Å². The van der Waals surface area contributed by atoms with E-state index in [-0.39, 0.29) is 16.1 Å². The van der Waals surface area contributed by atoms with Gasteiger partial charge < -0.3 is 20.5 Å². The molecule has 0 aliphatic rings. The Morgan fingerprint density at radius 1 is 1.03 bits per heavy atom. The highest BCUT2D eigenvalue weighted by molar-refractivity contribution is 7.14. The van der Waals surface area contributed by atoms with Gasteiger partial charge in [0.1, 0.15) is 10.6 Å². The second-order valence-electron chi connectivity index (χ2n) is 7.27. The van der Waals surface area contributed by atoms with Crippen molar-refractivity contribution in [3.63, 3.8) is 0 Å². The van der Waals surface area contributed by atoms with Gasteiger partial charge in [0.15, 0.2) is 6.10 Å². The van der Waals surface area contributed by atoms with E-state index in [2.05, 4.69) is 10.6 Å². The Kier molecular flexibility index (Phi) is 7.17. The Labute approximate surface area is 177 Å². The number of esters is 1. The summed E-state index contributed by atoms with van der Waals surface area (Å²) in [5.74, 6) is -1.99. The molecular formula is C20H23N3O6S. The van der Waals surface area contributed by atoms with Gasteiger partial charge in [-0.15, -0.1) is 11.3 Å². The van der Waals surface area contributed by atoms with Gasteiger partial charge >= 0.3 is 12.1 Å². The minimum atomic E-state index is -1.11. The van der Waals surface area contributed by atoms with Gasteiger partial charge in [0.2, 0.25) is 0 Å². The van der Waals surface area contributed by atoms with Gasteiger partial charge in [-0.05, 0) is 63.4 Å². The van der Waals surface area contributed by atoms with Gasteiger partial charge in [-0.25, -0.2) is 9.59 Å². The molecule has 10 heteroatoms. The van der Waals surface area contributed by atoms with Gasteiger partial charge in [0.25, 0.3) is 11.8 Å². The van der Waals surface area contributed by atoms with Crippen molar-refractivity contribution in [1.82, 2.24) is 0 Å². The first-order valence-corrected chi connectivity index (χ1v) is 9.83. The second kappa shape index (κ2) is 9.40. The summed E-state index contributed by atoms with van der Waals surface area (Å²) in [6.45, 7) is 6.64. The monoisotopic (exact) mass is 433 g/mol. The molecule has 2 aromatic rings. The average molecular weight is 433 g/mol. The number of benzene rings is 1. The molecule has 160 valence electrons. The SMILES string of the molecule is CC(OC(=O)c1ccc(NC(=O)OC(C)(C)C)cc1)C(=O)Nc1sccc1C(N)=O. The lowest BCUT2D eigenvalue weighted by molar-refractivity contribution is -0.123. The molecule has 1 heterocycles. The number of carbonyl (C=O) groups excluding carboxylic acids is 4. The van der Waals surface area contributed by atoms with Crippen molar-refractivity contribution >= 4 is 45.9 Å². The van der Waals surface area contributed by atoms with E-state index < -0.39 is 35.6 Å². The smallest absolute Gasteiger partial charge is 0.412 e. The quantitative estimate of drug-likeness (QED) is 0.597. The second-order valence-corrected chi connectivity index (χ2v) is 8.18. The predicted octanol–water partition coefficient (Wildman–Crippen LogP) is 3.38. The molecule has 0 spiro atoms. The van der Waals surface area contributed by atoms with Crippen molar-refractivity contribution in [3.05, 3.63) is 46.8 Å². The molecule has 4 N–H and O–H groups in total. The summed E-state index contributed by atoms with van der Waals surface area (Å²) in [6.07, 6.45) is -1.73. The third-order valence-electron chi connectivity index (χ3n) is 3.59. The molecule has 0 saturated heterocycles. The maximum absolute atomic E-state index is 12.3. The summed E-state index contributed by atoms with van der Waals surface area (Å²) in [4.78, 5) is 47.6. The number of primary amides is 1. The van der Waals surface area contributed by atoms with Gasteiger partial charge in [0.05, 0.1) is 11.1 Å². The Morgan fingerprint density at radius 2 is 1.67 bits per heavy atom. The van der Waals surface area contributed by atoms with Crippen LogP contribution in [0.3, 0.4) is 0 Å². The number of rotatable bonds is 6. The fourth-order valence-corrected chi connectivity index (χ4v) is 3.00. The normalized spacial score (nSPS) is 11.9. The molecule has 1 atom stereocenters. The molecule has 0 aliphatic carbocycles. The first kappa shape index (κ1) is 22.9. The lowest BCUT2D eigenvalue weighted by Crippen LogP contribution is -2.30. The summed E-state index contributed by atoms with van der Waals surface area (Å²) >= 11 is 1.13. The van der Waals surface area contributed by atoms with Gasteiger partial charge in [0, 0.05) is 5.69 Å². The summed E-state index contributed by atoms with van der Waals surface area (Å²) < 4.78 is 10.3. The fourth-order valence-electron chi connectivity index (χ4n) is 2.21. The van der Waals surface area contributed by atoms with Crippen LogP contribution in [0.2, 0.25) is 0 Å². The maximum Gasteiger partial charge on any atom is 0.412 e. The highest BCUT2D eigenvalue weighted by atomic mass is 32.1. The number of amides is 3. The molecule has 1 aromatic heterocycles. The van der Waals surface area contributed by atoms with E-state index in [1.807, 2.05) is 0 Å². The van der Waals surface area contributed by atoms with Crippen LogP contribution in [0.5, 0.6) is 0 Å². The topological polar surface area (TPSA) is 137 Å². The number of ether oxygens (including phenoxy) is 2. The highest BCUT2D eigenvalue weighted by Gasteiger charge is 2.22. The fraction of sp³-hybridized carbons (Fsp3) is 0.300. The van der Waals surface area contributed by atoms with Gasteiger partial charge in [-0.1, -0.05) is 0 Å². The summed E-state index contributed by atoms with van der Waals surface area (Å²) in [5, 5.41) is 6.96. The zero-order valence-corrected chi connectivity index (χ0v) is 17.8. The minimum absolute atomic E-state index is 0.181. The molecule has 30 heavy (non-hydrogen) atoms. The lowest BCUT2D eigenvalue weighted by Gasteiger charge is -2.19. The number of carbonyl (C=O) groups is 4. The molecule has 1 aromatic carbocycles. The molecule has 3 amide bonds. The van der Waals surface area contributed by atoms with Crippen LogP contribution in [-0.2, 0) is 14.3 Å². The summed E-state index contributed by atoms with van der Waals surface area (Å²) in [7, 11) is 0. The molecule has 0 bridgehead atoms. The number of anilines is 2. The molecule has 9 nitrogen and oxygen atoms in total. The first-order chi connectivity index (χ1) is 14.0. The molecule has 0 saturated carbocycles. The third kappa shape index (κ3) is 6.59. The predicted molar refractivity (Wildman–Crippen MR) is 113 cm³/mol. The molecule has 0 fully saturated rings. The average Bonchev–Trinajstić information content (AvgIpc) is 3.08. The minimum Gasteiger partial charge on any atom is -0.449 e. The van der Waals surface area contributed by atoms with E-state index in [1.54, 1.807) is 26.2 Å². The largest absolute Gasteiger partial charge is 0.449 e. The van der Waals surface area contributed by atoms with Gasteiger partial charge in [-0.3, -0.25) is 14.9 Å². The maximum atomic E-state index is 12.3. The van der Waals surface area contributed by atoms with Crippen LogP contribution in [0, 0.1) is 0 Å². The molecule has 1 unspecified atom stereocenters. The molecule has 2 rings (SSSR count). The van der Waals surface area contributed by atoms with Crippen molar-refractivity contribution in [2.75, 3.05) is 10.6 Å². The lowest BCUT2D eigenvalue weighted by atomic mass is 10.2. The molecule has 0 aliphatic heterocycles. The molecular weight excluding hydrogens is 410 g/mol. The van der Waals surface area contributed by atoms with E-state index in [0.717, 1.165) is 11.3 Å². The molecule has 0 radical (unpaired) electrons. The highest BCUT2D eigenvalue weighted by Crippen LogP contribution is 2.23. The number of hydrogen-bond acceptors (Lipinski definition) is 7. The number of thiophene rings is 1. The summed E-state index contributed by atoms with van der Waals surface area (Å²) in [6, 6.07) is 7.41. The third-order valence-corrected chi connectivity index (χ3v) is 4.42. The number of hydrogen-bond donors (Lipinski definition) is 3. The van der Waals surface area contributed by atoms with E-state index in [1.165, 1.54) is 37.3 Å². The zero-order chi connectivity index (χ0) is 22.5. The standard InChI is InChI=1S/C20H23N3O6S/c1-11(16(25)23-17-14(15(21)24)9-10-30-17)28-18(26)12-5-7-13(8-6-12)22-19(27)29-20(2,3)4/h5-11H,1-4H3,(H2,21,24)(H,22,27)(H,23,25). The van der Waals surface area contributed by atoms with Crippen LogP contribution < -0.4 is 16.4 Å². The van der Waals surface area contributed by atoms with Crippen LogP contribution in [0.1, 0.15) is 48.4 Å². The van der Waals surface area contributed by atoms with Crippen molar-refractivity contribution < 1.29 is 28.7 Å². The van der Waals surface area contributed by atoms with Crippen LogP contribution in [0.15, 0.2) is 35.7 Å². The van der Waals surface area contributed by atoms with E-state index >= 15 is 0 Å². The van der Waals surface area contributed by atoms with Crippen molar-refractivity contribution in [2.45, 2.75) is 39.4 Å². The zero-order valence-electron chi connectivity index (χ0n) is 17.0. The van der Waals surface area contributed by atoms with Crippen LogP contribution in [0.25, 0.3) is 0 Å². The summed E-state index contributed by atoms with van der Waals surface area (Å²) in [5.41, 5.74) is 5.41. The van der Waals surface area contributed by atoms with E-state index in [9.17, 15) is 19.2 Å². The Hall–Kier alpha value is -3.40. The number of nitrogens with two attached hydrogens (primary N) is 1. The van der Waals surface area contributed by atoms with Crippen LogP contribution in [-0.4, -0.2) is 35.6 Å². The Bertz CT molecular complexity index is 946. The van der Waals surface area contributed by atoms with Crippen molar-refractivity contribution in [3.8, 4) is 0 Å². The van der Waals surface area contributed by atoms with Crippen molar-refractivity contribution in [2.24, 2.45) is 5.73 Å². The van der Waals surface area contributed by atoms with Crippen LogP contribution >= 0.6 is 11.3 Å². The van der Waals surface area contributed by atoms with E-state index in [0.29, 0.717) is 5.69 Å².